The summed E-state index contributed by atoms with van der Waals surface area (Å²) in [6, 6.07) is 1.55. The predicted molar refractivity (Wildman–Crippen MR) is 69.7 cm³/mol. The van der Waals surface area contributed by atoms with Gasteiger partial charge in [0.15, 0.2) is 0 Å². The maximum Gasteiger partial charge on any atom is 0.0280 e. The first kappa shape index (κ1) is 12.4. The first-order chi connectivity index (χ1) is 7.59. The Hall–Kier alpha value is -0.0800. The Morgan fingerprint density at radius 1 is 1.06 bits per heavy atom. The molecule has 1 aliphatic heterocycles. The third kappa shape index (κ3) is 2.78. The molecule has 2 aliphatic rings. The Balaban J connectivity index is 2.03. The van der Waals surface area contributed by atoms with Crippen LogP contribution in [-0.4, -0.2) is 35.6 Å². The highest BCUT2D eigenvalue weighted by molar-refractivity contribution is 4.93. The molecule has 1 saturated carbocycles. The van der Waals surface area contributed by atoms with Crippen molar-refractivity contribution in [3.8, 4) is 0 Å². The summed E-state index contributed by atoms with van der Waals surface area (Å²) in [6.45, 7) is 9.57. The van der Waals surface area contributed by atoms with Gasteiger partial charge in [-0.15, -0.1) is 0 Å². The summed E-state index contributed by atoms with van der Waals surface area (Å²) in [5.41, 5.74) is 0.340. The largest absolute Gasteiger partial charge is 0.312 e. The fourth-order valence-corrected chi connectivity index (χ4v) is 3.33. The molecule has 1 atom stereocenters. The van der Waals surface area contributed by atoms with Crippen LogP contribution in [0.2, 0.25) is 0 Å². The summed E-state index contributed by atoms with van der Waals surface area (Å²) in [6.07, 6.45) is 8.51. The van der Waals surface area contributed by atoms with E-state index in [1.165, 1.54) is 45.1 Å². The van der Waals surface area contributed by atoms with E-state index in [4.69, 9.17) is 0 Å². The van der Waals surface area contributed by atoms with Crippen molar-refractivity contribution in [2.24, 2.45) is 0 Å². The van der Waals surface area contributed by atoms with Crippen LogP contribution in [0.4, 0.5) is 0 Å². The van der Waals surface area contributed by atoms with Gasteiger partial charge in [-0.1, -0.05) is 19.3 Å². The zero-order valence-corrected chi connectivity index (χ0v) is 11.3. The zero-order chi connectivity index (χ0) is 11.6. The molecule has 1 heterocycles. The molecule has 0 amide bonds. The van der Waals surface area contributed by atoms with Crippen LogP contribution in [0, 0.1) is 0 Å². The highest BCUT2D eigenvalue weighted by atomic mass is 15.2. The van der Waals surface area contributed by atoms with E-state index in [2.05, 4.69) is 31.0 Å². The van der Waals surface area contributed by atoms with Gasteiger partial charge in [-0.3, -0.25) is 4.90 Å². The number of nitrogens with zero attached hydrogens (tertiary/aromatic N) is 1. The van der Waals surface area contributed by atoms with Crippen LogP contribution in [0.15, 0.2) is 0 Å². The van der Waals surface area contributed by atoms with Gasteiger partial charge >= 0.3 is 0 Å². The van der Waals surface area contributed by atoms with E-state index in [1.807, 2.05) is 0 Å². The minimum absolute atomic E-state index is 0.340. The lowest BCUT2D eigenvalue weighted by Gasteiger charge is -2.44. The van der Waals surface area contributed by atoms with E-state index in [9.17, 15) is 0 Å². The van der Waals surface area contributed by atoms with E-state index in [0.717, 1.165) is 12.6 Å². The average molecular weight is 224 g/mol. The molecule has 94 valence electrons. The van der Waals surface area contributed by atoms with Crippen molar-refractivity contribution < 1.29 is 0 Å². The molecule has 0 radical (unpaired) electrons. The van der Waals surface area contributed by atoms with Gasteiger partial charge in [0.1, 0.15) is 0 Å². The lowest BCUT2D eigenvalue weighted by Crippen LogP contribution is -2.53. The van der Waals surface area contributed by atoms with Crippen LogP contribution in [-0.2, 0) is 0 Å². The summed E-state index contributed by atoms with van der Waals surface area (Å²) >= 11 is 0. The Morgan fingerprint density at radius 2 is 1.75 bits per heavy atom. The molecule has 0 aromatic carbocycles. The van der Waals surface area contributed by atoms with Crippen LogP contribution in [0.3, 0.4) is 0 Å². The van der Waals surface area contributed by atoms with Gasteiger partial charge in [0.25, 0.3) is 0 Å². The Kier molecular flexibility index (Phi) is 3.91. The lowest BCUT2D eigenvalue weighted by atomic mass is 9.90. The average Bonchev–Trinajstić information content (AvgIpc) is 2.40. The molecule has 2 rings (SSSR count). The molecular formula is C14H28N2. The number of nitrogens with one attached hydrogen (secondary N) is 1. The van der Waals surface area contributed by atoms with Gasteiger partial charge in [-0.2, -0.15) is 0 Å². The fourth-order valence-electron chi connectivity index (χ4n) is 3.33. The normalized spacial score (nSPS) is 33.6. The second-order valence-corrected chi connectivity index (χ2v) is 6.37. The van der Waals surface area contributed by atoms with Crippen LogP contribution in [0.5, 0.6) is 0 Å². The summed E-state index contributed by atoms with van der Waals surface area (Å²) in [5.74, 6) is 0. The molecule has 1 unspecified atom stereocenters. The van der Waals surface area contributed by atoms with Crippen LogP contribution >= 0.6 is 0 Å². The van der Waals surface area contributed by atoms with E-state index in [0.29, 0.717) is 11.6 Å². The number of hydrogen-bond donors (Lipinski definition) is 1. The maximum atomic E-state index is 3.66. The van der Waals surface area contributed by atoms with Crippen LogP contribution in [0.25, 0.3) is 0 Å². The Labute approximate surface area is 101 Å². The van der Waals surface area contributed by atoms with Crippen molar-refractivity contribution in [1.82, 2.24) is 10.2 Å². The zero-order valence-electron chi connectivity index (χ0n) is 11.3. The Bertz CT molecular complexity index is 219. The molecule has 1 saturated heterocycles. The minimum atomic E-state index is 0.340. The number of rotatable bonds is 1. The third-order valence-corrected chi connectivity index (χ3v) is 4.48. The maximum absolute atomic E-state index is 3.66. The SMILES string of the molecule is CC1CCN(C2CCCCC2)C(C)(C)CN1. The minimum Gasteiger partial charge on any atom is -0.312 e. The quantitative estimate of drug-likeness (QED) is 0.737. The van der Waals surface area contributed by atoms with Crippen molar-refractivity contribution in [2.75, 3.05) is 13.1 Å². The fraction of sp³-hybridized carbons (Fsp3) is 1.00. The van der Waals surface area contributed by atoms with Gasteiger partial charge < -0.3 is 5.32 Å². The van der Waals surface area contributed by atoms with Gasteiger partial charge in [0, 0.05) is 30.7 Å². The van der Waals surface area contributed by atoms with Crippen molar-refractivity contribution >= 4 is 0 Å². The van der Waals surface area contributed by atoms with E-state index in [1.54, 1.807) is 0 Å². The number of hydrogen-bond acceptors (Lipinski definition) is 2. The molecule has 0 spiro atoms. The highest BCUT2D eigenvalue weighted by Gasteiger charge is 2.35. The van der Waals surface area contributed by atoms with E-state index in [-0.39, 0.29) is 0 Å². The van der Waals surface area contributed by atoms with E-state index < -0.39 is 0 Å². The molecule has 2 nitrogen and oxygen atoms in total. The first-order valence-corrected chi connectivity index (χ1v) is 7.10. The van der Waals surface area contributed by atoms with Gasteiger partial charge in [-0.05, 0) is 40.0 Å². The Morgan fingerprint density at radius 3 is 2.44 bits per heavy atom. The molecule has 2 heteroatoms. The van der Waals surface area contributed by atoms with Gasteiger partial charge in [0.05, 0.1) is 0 Å². The lowest BCUT2D eigenvalue weighted by molar-refractivity contribution is 0.0588. The van der Waals surface area contributed by atoms with E-state index >= 15 is 0 Å². The molecule has 0 bridgehead atoms. The second-order valence-electron chi connectivity index (χ2n) is 6.37. The third-order valence-electron chi connectivity index (χ3n) is 4.48. The molecular weight excluding hydrogens is 196 g/mol. The second kappa shape index (κ2) is 5.05. The highest BCUT2D eigenvalue weighted by Crippen LogP contribution is 2.29. The summed E-state index contributed by atoms with van der Waals surface area (Å²) in [7, 11) is 0. The first-order valence-electron chi connectivity index (χ1n) is 7.10. The summed E-state index contributed by atoms with van der Waals surface area (Å²) in [4.78, 5) is 2.79. The summed E-state index contributed by atoms with van der Waals surface area (Å²) in [5, 5.41) is 3.66. The molecule has 16 heavy (non-hydrogen) atoms. The topological polar surface area (TPSA) is 15.3 Å². The smallest absolute Gasteiger partial charge is 0.0280 e. The van der Waals surface area contributed by atoms with Crippen molar-refractivity contribution in [1.29, 1.82) is 0 Å². The molecule has 1 N–H and O–H groups in total. The monoisotopic (exact) mass is 224 g/mol. The molecule has 2 fully saturated rings. The van der Waals surface area contributed by atoms with Gasteiger partial charge in [-0.25, -0.2) is 0 Å². The van der Waals surface area contributed by atoms with Gasteiger partial charge in [0.2, 0.25) is 0 Å². The molecule has 1 aliphatic carbocycles. The molecule has 0 aromatic rings. The van der Waals surface area contributed by atoms with Crippen LogP contribution < -0.4 is 5.32 Å². The van der Waals surface area contributed by atoms with Crippen molar-refractivity contribution in [2.45, 2.75) is 76.9 Å². The summed E-state index contributed by atoms with van der Waals surface area (Å²) < 4.78 is 0. The standard InChI is InChI=1S/C14H28N2/c1-12-9-10-16(14(2,3)11-15-12)13-7-5-4-6-8-13/h12-13,15H,4-11H2,1-3H3. The predicted octanol–water partition coefficient (Wildman–Crippen LogP) is 2.78. The van der Waals surface area contributed by atoms with Crippen molar-refractivity contribution in [3.63, 3.8) is 0 Å². The van der Waals surface area contributed by atoms with Crippen LogP contribution in [0.1, 0.15) is 59.3 Å². The van der Waals surface area contributed by atoms with Crippen molar-refractivity contribution in [3.05, 3.63) is 0 Å². The molecule has 0 aromatic heterocycles.